The fraction of sp³-hybridized carbons (Fsp3) is 0.294. The molecule has 3 heteroatoms. The van der Waals surface area contributed by atoms with Gasteiger partial charge in [-0.25, -0.2) is 0 Å². The lowest BCUT2D eigenvalue weighted by Crippen LogP contribution is -2.44. The Labute approximate surface area is 230 Å². The van der Waals surface area contributed by atoms with Crippen LogP contribution in [0.3, 0.4) is 0 Å². The molecule has 0 radical (unpaired) electrons. The maximum absolute atomic E-state index is 6.80. The summed E-state index contributed by atoms with van der Waals surface area (Å²) in [6.45, 7) is 7.61. The molecule has 4 aromatic carbocycles. The molecule has 0 N–H and O–H groups in total. The van der Waals surface area contributed by atoms with Gasteiger partial charge in [-0.15, -0.1) is 0 Å². The van der Waals surface area contributed by atoms with Gasteiger partial charge in [0.25, 0.3) is 0 Å². The highest BCUT2D eigenvalue weighted by Gasteiger charge is 2.71. The molecule has 2 bridgehead atoms. The predicted molar refractivity (Wildman–Crippen MR) is 157 cm³/mol. The van der Waals surface area contributed by atoms with E-state index in [0.29, 0.717) is 15.5 Å². The average Bonchev–Trinajstić information content (AvgIpc) is 3.38. The van der Waals surface area contributed by atoms with E-state index in [2.05, 4.69) is 92.4 Å². The number of anilines is 3. The first kappa shape index (κ1) is 23.4. The van der Waals surface area contributed by atoms with E-state index in [0.717, 1.165) is 23.0 Å². The molecular formula is C34H31Cl2N. The largest absolute Gasteiger partial charge is 0.309 e. The second kappa shape index (κ2) is 7.88. The number of rotatable bonds is 3. The SMILES string of the molecule is CC1(C)C2CCC1(C)C1(C2)c2ccccc2-c2cc(N(c3ccccc3)c3cccc(Cl)c3Cl)ccc21. The monoisotopic (exact) mass is 523 g/mol. The Bertz CT molecular complexity index is 1540. The standard InChI is InChI=1S/C34H31Cl2N/c1-32(2)22-18-19-33(32,3)34(21-22)27-13-8-7-12-25(27)26-20-24(16-17-28(26)34)37(23-10-5-4-6-11-23)30-15-9-14-29(35)31(30)36/h4-17,20,22H,18-19,21H2,1-3H3. The zero-order valence-electron chi connectivity index (χ0n) is 21.6. The number of nitrogens with zero attached hydrogens (tertiary/aromatic N) is 1. The number of para-hydroxylation sites is 1. The number of halogens is 2. The molecule has 3 aliphatic rings. The number of hydrogen-bond acceptors (Lipinski definition) is 1. The van der Waals surface area contributed by atoms with Gasteiger partial charge in [-0.05, 0) is 94.7 Å². The Balaban J connectivity index is 1.47. The first-order chi connectivity index (χ1) is 17.8. The van der Waals surface area contributed by atoms with Crippen molar-refractivity contribution >= 4 is 40.3 Å². The van der Waals surface area contributed by atoms with Crippen LogP contribution in [0.2, 0.25) is 10.0 Å². The third-order valence-electron chi connectivity index (χ3n) is 10.5. The lowest BCUT2D eigenvalue weighted by molar-refractivity contribution is 0.0990. The fourth-order valence-corrected chi connectivity index (χ4v) is 8.68. The number of fused-ring (bicyclic) bond motifs is 8. The van der Waals surface area contributed by atoms with E-state index >= 15 is 0 Å². The van der Waals surface area contributed by atoms with Gasteiger partial charge in [-0.3, -0.25) is 0 Å². The van der Waals surface area contributed by atoms with Gasteiger partial charge in [0.05, 0.1) is 15.7 Å². The predicted octanol–water partition coefficient (Wildman–Crippen LogP) is 10.6. The van der Waals surface area contributed by atoms with Crippen molar-refractivity contribution in [1.82, 2.24) is 0 Å². The van der Waals surface area contributed by atoms with Crippen molar-refractivity contribution in [1.29, 1.82) is 0 Å². The Kier molecular flexibility index (Phi) is 4.98. The summed E-state index contributed by atoms with van der Waals surface area (Å²) in [6.07, 6.45) is 3.87. The highest BCUT2D eigenvalue weighted by atomic mass is 35.5. The molecule has 3 aliphatic carbocycles. The molecule has 2 saturated carbocycles. The molecule has 3 unspecified atom stereocenters. The summed E-state index contributed by atoms with van der Waals surface area (Å²) in [5.74, 6) is 0.752. The van der Waals surface area contributed by atoms with Crippen LogP contribution in [0.4, 0.5) is 17.1 Å². The van der Waals surface area contributed by atoms with E-state index in [9.17, 15) is 0 Å². The molecule has 186 valence electrons. The first-order valence-corrected chi connectivity index (χ1v) is 14.1. The van der Waals surface area contributed by atoms with E-state index in [1.54, 1.807) is 0 Å². The molecule has 0 aliphatic heterocycles. The topological polar surface area (TPSA) is 3.24 Å². The molecule has 37 heavy (non-hydrogen) atoms. The van der Waals surface area contributed by atoms with Crippen LogP contribution >= 0.6 is 23.2 Å². The maximum atomic E-state index is 6.80. The molecule has 3 atom stereocenters. The summed E-state index contributed by atoms with van der Waals surface area (Å²) in [5, 5.41) is 1.12. The van der Waals surface area contributed by atoms with Gasteiger partial charge < -0.3 is 4.90 Å². The molecule has 1 spiro atoms. The quantitative estimate of drug-likeness (QED) is 0.258. The second-order valence-electron chi connectivity index (χ2n) is 11.9. The number of benzene rings is 4. The highest BCUT2D eigenvalue weighted by Crippen LogP contribution is 2.78. The van der Waals surface area contributed by atoms with Crippen molar-refractivity contribution in [3.8, 4) is 11.1 Å². The van der Waals surface area contributed by atoms with E-state index in [1.165, 1.54) is 41.5 Å². The van der Waals surface area contributed by atoms with E-state index < -0.39 is 0 Å². The zero-order valence-corrected chi connectivity index (χ0v) is 23.1. The van der Waals surface area contributed by atoms with Crippen molar-refractivity contribution in [2.75, 3.05) is 4.90 Å². The van der Waals surface area contributed by atoms with Crippen molar-refractivity contribution in [2.45, 2.75) is 45.4 Å². The molecule has 1 nitrogen and oxygen atoms in total. The molecule has 0 heterocycles. The van der Waals surface area contributed by atoms with E-state index in [1.807, 2.05) is 24.3 Å². The zero-order chi connectivity index (χ0) is 25.6. The van der Waals surface area contributed by atoms with Crippen LogP contribution in [0.5, 0.6) is 0 Å². The third kappa shape index (κ3) is 2.88. The van der Waals surface area contributed by atoms with Crippen LogP contribution in [-0.2, 0) is 5.41 Å². The van der Waals surface area contributed by atoms with Crippen molar-refractivity contribution in [2.24, 2.45) is 16.7 Å². The van der Waals surface area contributed by atoms with E-state index in [4.69, 9.17) is 23.2 Å². The summed E-state index contributed by atoms with van der Waals surface area (Å²) < 4.78 is 0. The van der Waals surface area contributed by atoms with Gasteiger partial charge in [0, 0.05) is 16.8 Å². The van der Waals surface area contributed by atoms with Gasteiger partial charge in [0.2, 0.25) is 0 Å². The third-order valence-corrected chi connectivity index (χ3v) is 11.3. The van der Waals surface area contributed by atoms with Crippen LogP contribution in [0.1, 0.15) is 51.2 Å². The second-order valence-corrected chi connectivity index (χ2v) is 12.7. The van der Waals surface area contributed by atoms with Crippen LogP contribution in [0.25, 0.3) is 11.1 Å². The molecule has 7 rings (SSSR count). The molecule has 2 fully saturated rings. The molecular weight excluding hydrogens is 493 g/mol. The highest BCUT2D eigenvalue weighted by molar-refractivity contribution is 6.44. The molecule has 0 saturated heterocycles. The lowest BCUT2D eigenvalue weighted by Gasteiger charge is -2.48. The Morgan fingerprint density at radius 2 is 1.46 bits per heavy atom. The lowest BCUT2D eigenvalue weighted by atomic mass is 9.55. The van der Waals surface area contributed by atoms with Gasteiger partial charge in [0.1, 0.15) is 0 Å². The van der Waals surface area contributed by atoms with Crippen molar-refractivity contribution in [3.05, 3.63) is 112 Å². The van der Waals surface area contributed by atoms with Crippen molar-refractivity contribution in [3.63, 3.8) is 0 Å². The summed E-state index contributed by atoms with van der Waals surface area (Å²) in [5.41, 5.74) is 9.39. The van der Waals surface area contributed by atoms with Crippen LogP contribution < -0.4 is 4.90 Å². The van der Waals surface area contributed by atoms with Gasteiger partial charge in [-0.2, -0.15) is 0 Å². The minimum Gasteiger partial charge on any atom is -0.309 e. The summed E-state index contributed by atoms with van der Waals surface area (Å²) in [4.78, 5) is 2.23. The molecule has 0 amide bonds. The molecule has 4 aromatic rings. The summed E-state index contributed by atoms with van der Waals surface area (Å²) in [6, 6.07) is 32.5. The average molecular weight is 525 g/mol. The van der Waals surface area contributed by atoms with Gasteiger partial charge in [-0.1, -0.05) is 98.6 Å². The number of hydrogen-bond donors (Lipinski definition) is 0. The minimum absolute atomic E-state index is 0.0646. The van der Waals surface area contributed by atoms with Crippen LogP contribution in [0.15, 0.2) is 91.0 Å². The smallest absolute Gasteiger partial charge is 0.0832 e. The van der Waals surface area contributed by atoms with E-state index in [-0.39, 0.29) is 10.8 Å². The summed E-state index contributed by atoms with van der Waals surface area (Å²) >= 11 is 13.3. The van der Waals surface area contributed by atoms with Crippen molar-refractivity contribution < 1.29 is 0 Å². The van der Waals surface area contributed by atoms with Gasteiger partial charge >= 0.3 is 0 Å². The summed E-state index contributed by atoms with van der Waals surface area (Å²) in [7, 11) is 0. The normalized spacial score (nSPS) is 26.4. The minimum atomic E-state index is 0.0646. The van der Waals surface area contributed by atoms with Crippen LogP contribution in [0, 0.1) is 16.7 Å². The Morgan fingerprint density at radius 3 is 2.19 bits per heavy atom. The Morgan fingerprint density at radius 1 is 0.730 bits per heavy atom. The molecule has 0 aromatic heterocycles. The first-order valence-electron chi connectivity index (χ1n) is 13.3. The van der Waals surface area contributed by atoms with Crippen LogP contribution in [-0.4, -0.2) is 0 Å². The Hall–Kier alpha value is -2.74. The fourth-order valence-electron chi connectivity index (χ4n) is 8.30. The maximum Gasteiger partial charge on any atom is 0.0832 e. The van der Waals surface area contributed by atoms with Gasteiger partial charge in [0.15, 0.2) is 0 Å².